The van der Waals surface area contributed by atoms with Gasteiger partial charge in [-0.15, -0.1) is 0 Å². The van der Waals surface area contributed by atoms with Crippen LogP contribution in [-0.4, -0.2) is 14.8 Å². The van der Waals surface area contributed by atoms with Crippen LogP contribution < -0.4 is 10.5 Å². The molecule has 5 heteroatoms. The third-order valence-electron chi connectivity index (χ3n) is 3.42. The first-order valence-electron chi connectivity index (χ1n) is 6.98. The van der Waals surface area contributed by atoms with Crippen molar-refractivity contribution in [1.29, 1.82) is 0 Å². The minimum atomic E-state index is 0.475. The molecule has 0 spiro atoms. The van der Waals surface area contributed by atoms with E-state index in [1.54, 1.807) is 6.20 Å². The highest BCUT2D eigenvalue weighted by Gasteiger charge is 2.08. The van der Waals surface area contributed by atoms with E-state index >= 15 is 0 Å². The standard InChI is InChI=1S/C16H18N4O/c1-3-20-12(9-11(2)19-20)10-21-15-7-6-14(17)16-13(15)5-4-8-18-16/h4-9H,3,10,17H2,1-2H3. The summed E-state index contributed by atoms with van der Waals surface area (Å²) >= 11 is 0. The molecule has 3 rings (SSSR count). The number of hydrogen-bond donors (Lipinski definition) is 1. The predicted octanol–water partition coefficient (Wildman–Crippen LogP) is 2.92. The number of anilines is 1. The lowest BCUT2D eigenvalue weighted by Crippen LogP contribution is -2.06. The summed E-state index contributed by atoms with van der Waals surface area (Å²) in [6, 6.07) is 9.61. The van der Waals surface area contributed by atoms with E-state index in [2.05, 4.69) is 17.0 Å². The molecule has 1 aromatic carbocycles. The van der Waals surface area contributed by atoms with Crippen LogP contribution in [-0.2, 0) is 13.2 Å². The summed E-state index contributed by atoms with van der Waals surface area (Å²) in [6.45, 7) is 5.36. The first kappa shape index (κ1) is 13.4. The number of nitrogen functional groups attached to an aromatic ring is 1. The lowest BCUT2D eigenvalue weighted by molar-refractivity contribution is 0.296. The number of fused-ring (bicyclic) bond motifs is 1. The third-order valence-corrected chi connectivity index (χ3v) is 3.42. The Morgan fingerprint density at radius 3 is 2.95 bits per heavy atom. The van der Waals surface area contributed by atoms with Gasteiger partial charge in [-0.1, -0.05) is 0 Å². The molecule has 0 bridgehead atoms. The average molecular weight is 282 g/mol. The quantitative estimate of drug-likeness (QED) is 0.747. The van der Waals surface area contributed by atoms with Gasteiger partial charge in [0.1, 0.15) is 12.4 Å². The van der Waals surface area contributed by atoms with E-state index in [0.29, 0.717) is 12.3 Å². The summed E-state index contributed by atoms with van der Waals surface area (Å²) in [5, 5.41) is 5.35. The van der Waals surface area contributed by atoms with Crippen molar-refractivity contribution in [2.45, 2.75) is 27.0 Å². The number of pyridine rings is 1. The highest BCUT2D eigenvalue weighted by molar-refractivity contribution is 5.93. The Bertz CT molecular complexity index is 779. The van der Waals surface area contributed by atoms with E-state index in [4.69, 9.17) is 10.5 Å². The largest absolute Gasteiger partial charge is 0.487 e. The van der Waals surface area contributed by atoms with Gasteiger partial charge >= 0.3 is 0 Å². The highest BCUT2D eigenvalue weighted by atomic mass is 16.5. The molecule has 0 radical (unpaired) electrons. The molecule has 108 valence electrons. The normalized spacial score (nSPS) is 11.0. The van der Waals surface area contributed by atoms with E-state index in [1.807, 2.05) is 41.9 Å². The number of ether oxygens (including phenoxy) is 1. The first-order chi connectivity index (χ1) is 10.2. The van der Waals surface area contributed by atoms with Crippen molar-refractivity contribution in [2.75, 3.05) is 5.73 Å². The van der Waals surface area contributed by atoms with Gasteiger partial charge < -0.3 is 10.5 Å². The van der Waals surface area contributed by atoms with E-state index in [1.165, 1.54) is 0 Å². The Hall–Kier alpha value is -2.56. The molecule has 0 saturated carbocycles. The average Bonchev–Trinajstić information content (AvgIpc) is 2.87. The molecular weight excluding hydrogens is 264 g/mol. The zero-order valence-corrected chi connectivity index (χ0v) is 12.2. The topological polar surface area (TPSA) is 66.0 Å². The van der Waals surface area contributed by atoms with Crippen LogP contribution in [0.1, 0.15) is 18.3 Å². The van der Waals surface area contributed by atoms with Gasteiger partial charge in [0.15, 0.2) is 0 Å². The van der Waals surface area contributed by atoms with Crippen molar-refractivity contribution in [1.82, 2.24) is 14.8 Å². The van der Waals surface area contributed by atoms with E-state index in [9.17, 15) is 0 Å². The van der Waals surface area contributed by atoms with Crippen LogP contribution in [0.15, 0.2) is 36.5 Å². The second kappa shape index (κ2) is 5.44. The number of nitrogens with zero attached hydrogens (tertiary/aromatic N) is 3. The van der Waals surface area contributed by atoms with E-state index < -0.39 is 0 Å². The van der Waals surface area contributed by atoms with Crippen LogP contribution in [0.25, 0.3) is 10.9 Å². The SMILES string of the molecule is CCn1nc(C)cc1COc1ccc(N)c2ncccc12. The third kappa shape index (κ3) is 2.54. The molecule has 2 aromatic heterocycles. The molecule has 0 fully saturated rings. The highest BCUT2D eigenvalue weighted by Crippen LogP contribution is 2.28. The fourth-order valence-corrected chi connectivity index (χ4v) is 2.44. The van der Waals surface area contributed by atoms with Crippen molar-refractivity contribution in [3.05, 3.63) is 47.9 Å². The molecule has 0 saturated heterocycles. The van der Waals surface area contributed by atoms with Crippen LogP contribution in [0.2, 0.25) is 0 Å². The van der Waals surface area contributed by atoms with Crippen molar-refractivity contribution < 1.29 is 4.74 Å². The molecule has 5 nitrogen and oxygen atoms in total. The number of nitrogens with two attached hydrogens (primary N) is 1. The number of aryl methyl sites for hydroxylation is 2. The minimum absolute atomic E-state index is 0.475. The smallest absolute Gasteiger partial charge is 0.130 e. The number of rotatable bonds is 4. The Morgan fingerprint density at radius 2 is 2.14 bits per heavy atom. The number of aromatic nitrogens is 3. The summed E-state index contributed by atoms with van der Waals surface area (Å²) in [7, 11) is 0. The zero-order chi connectivity index (χ0) is 14.8. The second-order valence-electron chi connectivity index (χ2n) is 4.93. The van der Waals surface area contributed by atoms with E-state index in [-0.39, 0.29) is 0 Å². The van der Waals surface area contributed by atoms with E-state index in [0.717, 1.165) is 34.6 Å². The fourth-order valence-electron chi connectivity index (χ4n) is 2.44. The van der Waals surface area contributed by atoms with Gasteiger partial charge in [-0.2, -0.15) is 5.10 Å². The summed E-state index contributed by atoms with van der Waals surface area (Å²) in [6.07, 6.45) is 1.73. The van der Waals surface area contributed by atoms with Crippen molar-refractivity contribution in [3.63, 3.8) is 0 Å². The molecule has 0 aliphatic rings. The molecule has 21 heavy (non-hydrogen) atoms. The molecule has 0 amide bonds. The van der Waals surface area contributed by atoms with Crippen molar-refractivity contribution >= 4 is 16.6 Å². The van der Waals surface area contributed by atoms with Gasteiger partial charge in [0, 0.05) is 18.1 Å². The minimum Gasteiger partial charge on any atom is -0.487 e. The van der Waals surface area contributed by atoms with Gasteiger partial charge in [-0.05, 0) is 44.2 Å². The molecule has 0 aliphatic heterocycles. The van der Waals surface area contributed by atoms with Gasteiger partial charge in [-0.25, -0.2) is 0 Å². The van der Waals surface area contributed by atoms with Crippen LogP contribution in [0, 0.1) is 6.92 Å². The van der Waals surface area contributed by atoms with Gasteiger partial charge in [0.2, 0.25) is 0 Å². The lowest BCUT2D eigenvalue weighted by Gasteiger charge is -2.11. The maximum Gasteiger partial charge on any atom is 0.130 e. The molecular formula is C16H18N4O. The van der Waals surface area contributed by atoms with Gasteiger partial charge in [0.25, 0.3) is 0 Å². The van der Waals surface area contributed by atoms with Crippen LogP contribution in [0.4, 0.5) is 5.69 Å². The lowest BCUT2D eigenvalue weighted by atomic mass is 10.2. The molecule has 2 heterocycles. The molecule has 3 aromatic rings. The molecule has 2 N–H and O–H groups in total. The summed E-state index contributed by atoms with van der Waals surface area (Å²) < 4.78 is 7.91. The van der Waals surface area contributed by atoms with Crippen LogP contribution in [0.5, 0.6) is 5.75 Å². The zero-order valence-electron chi connectivity index (χ0n) is 12.2. The Morgan fingerprint density at radius 1 is 1.29 bits per heavy atom. The number of benzene rings is 1. The Labute approximate surface area is 123 Å². The predicted molar refractivity (Wildman–Crippen MR) is 83.1 cm³/mol. The van der Waals surface area contributed by atoms with Gasteiger partial charge in [-0.3, -0.25) is 9.67 Å². The van der Waals surface area contributed by atoms with Crippen molar-refractivity contribution in [2.24, 2.45) is 0 Å². The summed E-state index contributed by atoms with van der Waals surface area (Å²) in [4.78, 5) is 4.31. The Kier molecular flexibility index (Phi) is 3.48. The second-order valence-corrected chi connectivity index (χ2v) is 4.93. The summed E-state index contributed by atoms with van der Waals surface area (Å²) in [5.74, 6) is 0.786. The fraction of sp³-hybridized carbons (Fsp3) is 0.250. The molecule has 0 atom stereocenters. The van der Waals surface area contributed by atoms with Crippen molar-refractivity contribution in [3.8, 4) is 5.75 Å². The van der Waals surface area contributed by atoms with Crippen LogP contribution >= 0.6 is 0 Å². The monoisotopic (exact) mass is 282 g/mol. The first-order valence-corrected chi connectivity index (χ1v) is 6.98. The maximum absolute atomic E-state index is 5.96. The summed E-state index contributed by atoms with van der Waals surface area (Å²) in [5.41, 5.74) is 9.44. The number of hydrogen-bond acceptors (Lipinski definition) is 4. The van der Waals surface area contributed by atoms with Crippen LogP contribution in [0.3, 0.4) is 0 Å². The Balaban J connectivity index is 1.90. The maximum atomic E-state index is 5.96. The molecule has 0 unspecified atom stereocenters. The molecule has 0 aliphatic carbocycles. The van der Waals surface area contributed by atoms with Gasteiger partial charge in [0.05, 0.1) is 22.6 Å².